The van der Waals surface area contributed by atoms with Crippen LogP contribution in [0.15, 0.2) is 72.4 Å². The Hall–Kier alpha value is -3.58. The average molecular weight is 402 g/mol. The quantitative estimate of drug-likeness (QED) is 0.497. The second kappa shape index (κ2) is 8.62. The lowest BCUT2D eigenvalue weighted by atomic mass is 10.1. The van der Waals surface area contributed by atoms with Gasteiger partial charge in [0, 0.05) is 29.0 Å². The molecule has 1 N–H and O–H groups in total. The fourth-order valence-corrected chi connectivity index (χ4v) is 3.35. The third kappa shape index (κ3) is 5.03. The Morgan fingerprint density at radius 1 is 1.03 bits per heavy atom. The van der Waals surface area contributed by atoms with Crippen molar-refractivity contribution in [3.05, 3.63) is 82.9 Å². The minimum atomic E-state index is -0.0812. The molecular formula is C22H18N4O2S. The predicted molar refractivity (Wildman–Crippen MR) is 113 cm³/mol. The van der Waals surface area contributed by atoms with Crippen molar-refractivity contribution in [2.45, 2.75) is 13.3 Å². The molecule has 0 bridgehead atoms. The summed E-state index contributed by atoms with van der Waals surface area (Å²) < 4.78 is 5.54. The third-order valence-electron chi connectivity index (χ3n) is 4.12. The van der Waals surface area contributed by atoms with Gasteiger partial charge in [-0.05, 0) is 42.8 Å². The number of hydrogen-bond donors (Lipinski definition) is 1. The third-order valence-corrected chi connectivity index (χ3v) is 4.90. The van der Waals surface area contributed by atoms with Gasteiger partial charge in [0.25, 0.3) is 0 Å². The molecule has 0 aliphatic carbocycles. The number of benzene rings is 2. The molecule has 29 heavy (non-hydrogen) atoms. The molecule has 2 aromatic heterocycles. The first-order valence-electron chi connectivity index (χ1n) is 9.02. The van der Waals surface area contributed by atoms with E-state index in [0.717, 1.165) is 21.8 Å². The summed E-state index contributed by atoms with van der Waals surface area (Å²) in [7, 11) is 0. The number of carbonyl (C=O) groups is 1. The summed E-state index contributed by atoms with van der Waals surface area (Å²) in [6.45, 7) is 1.99. The zero-order chi connectivity index (χ0) is 20.1. The van der Waals surface area contributed by atoms with E-state index in [4.69, 9.17) is 4.74 Å². The van der Waals surface area contributed by atoms with Crippen LogP contribution in [0.3, 0.4) is 0 Å². The van der Waals surface area contributed by atoms with Gasteiger partial charge in [-0.2, -0.15) is 0 Å². The second-order valence-electron chi connectivity index (χ2n) is 6.33. The van der Waals surface area contributed by atoms with Crippen LogP contribution >= 0.6 is 11.3 Å². The first-order valence-corrected chi connectivity index (χ1v) is 9.90. The van der Waals surface area contributed by atoms with E-state index in [-0.39, 0.29) is 11.9 Å². The van der Waals surface area contributed by atoms with Crippen molar-refractivity contribution in [1.82, 2.24) is 15.0 Å². The number of thiazole rings is 1. The Kier molecular flexibility index (Phi) is 5.58. The fourth-order valence-electron chi connectivity index (χ4n) is 2.73. The van der Waals surface area contributed by atoms with Crippen LogP contribution in [0.1, 0.15) is 10.6 Å². The zero-order valence-electron chi connectivity index (χ0n) is 15.7. The van der Waals surface area contributed by atoms with E-state index in [0.29, 0.717) is 17.9 Å². The number of aryl methyl sites for hydroxylation is 1. The van der Waals surface area contributed by atoms with Gasteiger partial charge in [-0.3, -0.25) is 4.79 Å². The zero-order valence-corrected chi connectivity index (χ0v) is 16.5. The topological polar surface area (TPSA) is 77.0 Å². The van der Waals surface area contributed by atoms with Crippen molar-refractivity contribution in [2.24, 2.45) is 0 Å². The molecule has 0 saturated carbocycles. The highest BCUT2D eigenvalue weighted by atomic mass is 32.1. The lowest BCUT2D eigenvalue weighted by molar-refractivity contribution is -0.115. The number of nitrogens with zero attached hydrogens (tertiary/aromatic N) is 3. The van der Waals surface area contributed by atoms with Gasteiger partial charge in [0.2, 0.25) is 5.91 Å². The van der Waals surface area contributed by atoms with Gasteiger partial charge < -0.3 is 10.1 Å². The Labute approximate surface area is 172 Å². The SMILES string of the molecule is Cc1nc(-c2ccc(CC(=O)Nc3ccc(Oc4ncccn4)cc3)cc2)cs1. The van der Waals surface area contributed by atoms with Gasteiger partial charge in [0.15, 0.2) is 0 Å². The lowest BCUT2D eigenvalue weighted by Gasteiger charge is -2.07. The van der Waals surface area contributed by atoms with Crippen LogP contribution < -0.4 is 10.1 Å². The number of carbonyl (C=O) groups excluding carboxylic acids is 1. The maximum absolute atomic E-state index is 12.3. The van der Waals surface area contributed by atoms with Crippen molar-refractivity contribution in [3.63, 3.8) is 0 Å². The van der Waals surface area contributed by atoms with Gasteiger partial charge in [0.1, 0.15) is 5.75 Å². The summed E-state index contributed by atoms with van der Waals surface area (Å²) in [6, 6.07) is 17.0. The molecule has 144 valence electrons. The van der Waals surface area contributed by atoms with Crippen LogP contribution in [0.5, 0.6) is 11.8 Å². The normalized spacial score (nSPS) is 10.5. The average Bonchev–Trinajstić information content (AvgIpc) is 3.17. The molecule has 0 aliphatic heterocycles. The second-order valence-corrected chi connectivity index (χ2v) is 7.39. The summed E-state index contributed by atoms with van der Waals surface area (Å²) in [6.07, 6.45) is 3.52. The van der Waals surface area contributed by atoms with Crippen molar-refractivity contribution >= 4 is 22.9 Å². The van der Waals surface area contributed by atoms with Crippen LogP contribution in [0.25, 0.3) is 11.3 Å². The van der Waals surface area contributed by atoms with E-state index < -0.39 is 0 Å². The molecule has 2 aromatic carbocycles. The Morgan fingerprint density at radius 2 is 1.76 bits per heavy atom. The molecule has 0 fully saturated rings. The smallest absolute Gasteiger partial charge is 0.321 e. The summed E-state index contributed by atoms with van der Waals surface area (Å²) in [4.78, 5) is 24.8. The molecule has 4 rings (SSSR count). The summed E-state index contributed by atoms with van der Waals surface area (Å²) >= 11 is 1.63. The van der Waals surface area contributed by atoms with Crippen LogP contribution in [-0.4, -0.2) is 20.9 Å². The number of ether oxygens (including phenoxy) is 1. The number of rotatable bonds is 6. The predicted octanol–water partition coefficient (Wildman–Crippen LogP) is 4.88. The van der Waals surface area contributed by atoms with E-state index in [9.17, 15) is 4.79 Å². The van der Waals surface area contributed by atoms with Crippen molar-refractivity contribution in [2.75, 3.05) is 5.32 Å². The minimum Gasteiger partial charge on any atom is -0.424 e. The van der Waals surface area contributed by atoms with E-state index in [1.54, 1.807) is 54.1 Å². The van der Waals surface area contributed by atoms with Crippen LogP contribution in [-0.2, 0) is 11.2 Å². The number of nitrogens with one attached hydrogen (secondary N) is 1. The maximum atomic E-state index is 12.3. The monoisotopic (exact) mass is 402 g/mol. The molecule has 0 atom stereocenters. The molecule has 0 unspecified atom stereocenters. The Bertz CT molecular complexity index is 1090. The highest BCUT2D eigenvalue weighted by Crippen LogP contribution is 2.22. The first-order chi connectivity index (χ1) is 14.2. The first kappa shape index (κ1) is 18.8. The number of anilines is 1. The molecule has 0 spiro atoms. The Balaban J connectivity index is 1.33. The molecule has 0 saturated heterocycles. The van der Waals surface area contributed by atoms with Gasteiger partial charge in [-0.25, -0.2) is 15.0 Å². The van der Waals surface area contributed by atoms with Gasteiger partial charge >= 0.3 is 6.01 Å². The van der Waals surface area contributed by atoms with Crippen LogP contribution in [0.2, 0.25) is 0 Å². The largest absolute Gasteiger partial charge is 0.424 e. The number of aromatic nitrogens is 3. The van der Waals surface area contributed by atoms with E-state index in [1.165, 1.54) is 0 Å². The molecule has 4 aromatic rings. The van der Waals surface area contributed by atoms with Gasteiger partial charge in [0.05, 0.1) is 17.1 Å². The summed E-state index contributed by atoms with van der Waals surface area (Å²) in [5.74, 6) is 0.518. The molecule has 1 amide bonds. The summed E-state index contributed by atoms with van der Waals surface area (Å²) in [5, 5.41) is 5.97. The molecule has 6 nitrogen and oxygen atoms in total. The maximum Gasteiger partial charge on any atom is 0.321 e. The van der Waals surface area contributed by atoms with Crippen molar-refractivity contribution < 1.29 is 9.53 Å². The van der Waals surface area contributed by atoms with Gasteiger partial charge in [-0.1, -0.05) is 24.3 Å². The van der Waals surface area contributed by atoms with Crippen molar-refractivity contribution in [3.8, 4) is 23.0 Å². The van der Waals surface area contributed by atoms with Crippen molar-refractivity contribution in [1.29, 1.82) is 0 Å². The standard InChI is InChI=1S/C22H18N4O2S/c1-15-25-20(14-29-15)17-5-3-16(4-6-17)13-21(27)26-18-7-9-19(10-8-18)28-22-23-11-2-12-24-22/h2-12,14H,13H2,1H3,(H,26,27). The number of amides is 1. The Morgan fingerprint density at radius 3 is 2.41 bits per heavy atom. The molecule has 0 aliphatic rings. The van der Waals surface area contributed by atoms with Gasteiger partial charge in [-0.15, -0.1) is 11.3 Å². The lowest BCUT2D eigenvalue weighted by Crippen LogP contribution is -2.14. The molecule has 2 heterocycles. The fraction of sp³-hybridized carbons (Fsp3) is 0.0909. The van der Waals surface area contributed by atoms with E-state index >= 15 is 0 Å². The van der Waals surface area contributed by atoms with E-state index in [2.05, 4.69) is 20.3 Å². The van der Waals surface area contributed by atoms with Crippen LogP contribution in [0, 0.1) is 6.92 Å². The molecule has 0 radical (unpaired) electrons. The highest BCUT2D eigenvalue weighted by molar-refractivity contribution is 7.09. The minimum absolute atomic E-state index is 0.0812. The summed E-state index contributed by atoms with van der Waals surface area (Å²) in [5.41, 5.74) is 3.66. The highest BCUT2D eigenvalue weighted by Gasteiger charge is 2.07. The number of hydrogen-bond acceptors (Lipinski definition) is 6. The van der Waals surface area contributed by atoms with E-state index in [1.807, 2.05) is 36.6 Å². The molecular weight excluding hydrogens is 384 g/mol. The van der Waals surface area contributed by atoms with Crippen LogP contribution in [0.4, 0.5) is 5.69 Å². The molecule has 7 heteroatoms.